The highest BCUT2D eigenvalue weighted by molar-refractivity contribution is 5.30. The SMILES string of the molecule is COc1ccc(C(N)C(C)C)c(F)c1. The van der Waals surface area contributed by atoms with Crippen molar-refractivity contribution >= 4 is 0 Å². The lowest BCUT2D eigenvalue weighted by atomic mass is 9.96. The Morgan fingerprint density at radius 1 is 1.36 bits per heavy atom. The van der Waals surface area contributed by atoms with Crippen LogP contribution in [0.1, 0.15) is 25.5 Å². The quantitative estimate of drug-likeness (QED) is 0.808. The van der Waals surface area contributed by atoms with E-state index < -0.39 is 0 Å². The molecule has 1 aromatic carbocycles. The molecule has 0 heterocycles. The van der Waals surface area contributed by atoms with E-state index in [9.17, 15) is 4.39 Å². The molecule has 2 nitrogen and oxygen atoms in total. The van der Waals surface area contributed by atoms with E-state index in [1.807, 2.05) is 13.8 Å². The zero-order valence-electron chi connectivity index (χ0n) is 8.75. The minimum Gasteiger partial charge on any atom is -0.497 e. The Morgan fingerprint density at radius 3 is 2.43 bits per heavy atom. The second kappa shape index (κ2) is 4.42. The number of nitrogens with two attached hydrogens (primary N) is 1. The van der Waals surface area contributed by atoms with Crippen molar-refractivity contribution in [3.63, 3.8) is 0 Å². The first-order chi connectivity index (χ1) is 6.56. The van der Waals surface area contributed by atoms with E-state index in [-0.39, 0.29) is 17.8 Å². The third-order valence-corrected chi connectivity index (χ3v) is 2.28. The van der Waals surface area contributed by atoms with Gasteiger partial charge in [0.05, 0.1) is 7.11 Å². The van der Waals surface area contributed by atoms with Crippen molar-refractivity contribution in [3.8, 4) is 5.75 Å². The molecule has 1 aromatic rings. The van der Waals surface area contributed by atoms with Crippen molar-refractivity contribution in [2.24, 2.45) is 11.7 Å². The number of methoxy groups -OCH3 is 1. The fraction of sp³-hybridized carbons (Fsp3) is 0.455. The molecule has 0 fully saturated rings. The van der Waals surface area contributed by atoms with Gasteiger partial charge in [0.2, 0.25) is 0 Å². The van der Waals surface area contributed by atoms with Crippen LogP contribution in [-0.4, -0.2) is 7.11 Å². The number of benzene rings is 1. The topological polar surface area (TPSA) is 35.2 Å². The number of hydrogen-bond acceptors (Lipinski definition) is 2. The summed E-state index contributed by atoms with van der Waals surface area (Å²) in [7, 11) is 1.51. The van der Waals surface area contributed by atoms with E-state index in [2.05, 4.69) is 0 Å². The molecule has 0 aliphatic heterocycles. The first-order valence-corrected chi connectivity index (χ1v) is 4.65. The van der Waals surface area contributed by atoms with E-state index in [1.54, 1.807) is 12.1 Å². The predicted octanol–water partition coefficient (Wildman–Crippen LogP) is 2.49. The molecule has 1 rings (SSSR count). The Hall–Kier alpha value is -1.09. The summed E-state index contributed by atoms with van der Waals surface area (Å²) in [6.07, 6.45) is 0. The predicted molar refractivity (Wildman–Crippen MR) is 54.7 cm³/mol. The molecule has 1 unspecified atom stereocenters. The normalized spacial score (nSPS) is 13.0. The third kappa shape index (κ3) is 2.23. The largest absolute Gasteiger partial charge is 0.497 e. The molecule has 0 aliphatic carbocycles. The highest BCUT2D eigenvalue weighted by Gasteiger charge is 2.15. The lowest BCUT2D eigenvalue weighted by Crippen LogP contribution is -2.18. The first kappa shape index (κ1) is 11.0. The molecule has 1 atom stereocenters. The standard InChI is InChI=1S/C11H16FNO/c1-7(2)11(13)9-5-4-8(14-3)6-10(9)12/h4-7,11H,13H2,1-3H3. The van der Waals surface area contributed by atoms with E-state index in [0.717, 1.165) is 0 Å². The molecule has 0 amide bonds. The van der Waals surface area contributed by atoms with Gasteiger partial charge in [0, 0.05) is 17.7 Å². The Labute approximate surface area is 83.9 Å². The monoisotopic (exact) mass is 197 g/mol. The minimum atomic E-state index is -0.300. The molecule has 0 radical (unpaired) electrons. The zero-order valence-corrected chi connectivity index (χ0v) is 8.75. The maximum Gasteiger partial charge on any atom is 0.131 e. The van der Waals surface area contributed by atoms with E-state index in [0.29, 0.717) is 11.3 Å². The molecule has 0 aromatic heterocycles. The zero-order chi connectivity index (χ0) is 10.7. The summed E-state index contributed by atoms with van der Waals surface area (Å²) in [6.45, 7) is 3.93. The highest BCUT2D eigenvalue weighted by Crippen LogP contribution is 2.24. The lowest BCUT2D eigenvalue weighted by molar-refractivity contribution is 0.408. The minimum absolute atomic E-state index is 0.220. The van der Waals surface area contributed by atoms with E-state index >= 15 is 0 Å². The van der Waals surface area contributed by atoms with Gasteiger partial charge in [0.1, 0.15) is 11.6 Å². The molecule has 14 heavy (non-hydrogen) atoms. The van der Waals surface area contributed by atoms with Crippen molar-refractivity contribution in [1.82, 2.24) is 0 Å². The number of hydrogen-bond donors (Lipinski definition) is 1. The lowest BCUT2D eigenvalue weighted by Gasteiger charge is -2.17. The molecule has 0 bridgehead atoms. The summed E-state index contributed by atoms with van der Waals surface area (Å²) >= 11 is 0. The summed E-state index contributed by atoms with van der Waals surface area (Å²) in [5.74, 6) is 0.436. The molecule has 0 saturated heterocycles. The molecule has 2 N–H and O–H groups in total. The maximum atomic E-state index is 13.5. The van der Waals surface area contributed by atoms with Gasteiger partial charge in [-0.05, 0) is 12.0 Å². The summed E-state index contributed by atoms with van der Waals surface area (Å²) in [5, 5.41) is 0. The van der Waals surface area contributed by atoms with Gasteiger partial charge in [-0.25, -0.2) is 4.39 Å². The van der Waals surface area contributed by atoms with Gasteiger partial charge in [-0.1, -0.05) is 19.9 Å². The number of halogens is 1. The summed E-state index contributed by atoms with van der Waals surface area (Å²) < 4.78 is 18.4. The Kier molecular flexibility index (Phi) is 3.47. The van der Waals surface area contributed by atoms with Crippen LogP contribution in [0.2, 0.25) is 0 Å². The Bertz CT molecular complexity index is 312. The van der Waals surface area contributed by atoms with Crippen LogP contribution >= 0.6 is 0 Å². The molecule has 78 valence electrons. The summed E-state index contributed by atoms with van der Waals surface area (Å²) in [4.78, 5) is 0. The van der Waals surface area contributed by atoms with Crippen LogP contribution in [-0.2, 0) is 0 Å². The summed E-state index contributed by atoms with van der Waals surface area (Å²) in [6, 6.07) is 4.50. The molecule has 0 spiro atoms. The second-order valence-electron chi connectivity index (χ2n) is 3.66. The van der Waals surface area contributed by atoms with Crippen LogP contribution in [0.5, 0.6) is 5.75 Å². The smallest absolute Gasteiger partial charge is 0.131 e. The molecule has 0 aliphatic rings. The Morgan fingerprint density at radius 2 is 2.00 bits per heavy atom. The van der Waals surface area contributed by atoms with Crippen molar-refractivity contribution in [2.75, 3.05) is 7.11 Å². The van der Waals surface area contributed by atoms with Crippen LogP contribution in [0.25, 0.3) is 0 Å². The molecular weight excluding hydrogens is 181 g/mol. The van der Waals surface area contributed by atoms with E-state index in [4.69, 9.17) is 10.5 Å². The van der Waals surface area contributed by atoms with Crippen molar-refractivity contribution in [1.29, 1.82) is 0 Å². The van der Waals surface area contributed by atoms with Gasteiger partial charge < -0.3 is 10.5 Å². The van der Waals surface area contributed by atoms with Gasteiger partial charge >= 0.3 is 0 Å². The van der Waals surface area contributed by atoms with E-state index in [1.165, 1.54) is 13.2 Å². The van der Waals surface area contributed by atoms with Crippen LogP contribution in [0.3, 0.4) is 0 Å². The van der Waals surface area contributed by atoms with Gasteiger partial charge in [-0.15, -0.1) is 0 Å². The highest BCUT2D eigenvalue weighted by atomic mass is 19.1. The average Bonchev–Trinajstić information content (AvgIpc) is 2.16. The fourth-order valence-electron chi connectivity index (χ4n) is 1.26. The molecule has 3 heteroatoms. The second-order valence-corrected chi connectivity index (χ2v) is 3.66. The molecule has 0 saturated carbocycles. The van der Waals surface area contributed by atoms with Gasteiger partial charge in [0.15, 0.2) is 0 Å². The number of rotatable bonds is 3. The molecular formula is C11H16FNO. The average molecular weight is 197 g/mol. The fourth-order valence-corrected chi connectivity index (χ4v) is 1.26. The van der Waals surface area contributed by atoms with Crippen molar-refractivity contribution < 1.29 is 9.13 Å². The van der Waals surface area contributed by atoms with Crippen LogP contribution in [0.15, 0.2) is 18.2 Å². The Balaban J connectivity index is 2.99. The maximum absolute atomic E-state index is 13.5. The summed E-state index contributed by atoms with van der Waals surface area (Å²) in [5.41, 5.74) is 6.39. The van der Waals surface area contributed by atoms with Crippen LogP contribution in [0, 0.1) is 11.7 Å². The number of ether oxygens (including phenoxy) is 1. The van der Waals surface area contributed by atoms with Gasteiger partial charge in [-0.3, -0.25) is 0 Å². The first-order valence-electron chi connectivity index (χ1n) is 4.65. The van der Waals surface area contributed by atoms with Crippen molar-refractivity contribution in [2.45, 2.75) is 19.9 Å². The third-order valence-electron chi connectivity index (χ3n) is 2.28. The van der Waals surface area contributed by atoms with Gasteiger partial charge in [0.25, 0.3) is 0 Å². The van der Waals surface area contributed by atoms with Crippen molar-refractivity contribution in [3.05, 3.63) is 29.6 Å². The van der Waals surface area contributed by atoms with Crippen LogP contribution in [0.4, 0.5) is 4.39 Å². The van der Waals surface area contributed by atoms with Gasteiger partial charge in [-0.2, -0.15) is 0 Å². The van der Waals surface area contributed by atoms with Crippen LogP contribution < -0.4 is 10.5 Å².